The maximum Gasteiger partial charge on any atom is 0.280 e. The van der Waals surface area contributed by atoms with Gasteiger partial charge in [-0.25, -0.2) is 5.43 Å². The van der Waals surface area contributed by atoms with Crippen LogP contribution in [0.4, 0.5) is 5.69 Å². The zero-order chi connectivity index (χ0) is 16.1. The van der Waals surface area contributed by atoms with E-state index in [1.165, 1.54) is 11.4 Å². The highest BCUT2D eigenvalue weighted by Gasteiger charge is 2.17. The molecule has 0 radical (unpaired) electrons. The number of nitro groups is 1. The van der Waals surface area contributed by atoms with Gasteiger partial charge in [0.2, 0.25) is 0 Å². The van der Waals surface area contributed by atoms with Crippen LogP contribution in [0.2, 0.25) is 0 Å². The third-order valence-corrected chi connectivity index (χ3v) is 3.88. The van der Waals surface area contributed by atoms with Crippen LogP contribution in [-0.2, 0) is 4.79 Å². The van der Waals surface area contributed by atoms with Gasteiger partial charge in [0, 0.05) is 6.07 Å². The van der Waals surface area contributed by atoms with Gasteiger partial charge < -0.3 is 5.11 Å². The predicted molar refractivity (Wildman–Crippen MR) is 82.7 cm³/mol. The SMILES string of the molecule is C/C(=N/NC(=O)[C@@H](O)c1ccccc1)c1cc([N+](=O)[O-])cs1. The van der Waals surface area contributed by atoms with Crippen molar-refractivity contribution in [2.45, 2.75) is 13.0 Å². The first kappa shape index (κ1) is 15.8. The molecule has 0 aliphatic rings. The molecule has 2 N–H and O–H groups in total. The van der Waals surface area contributed by atoms with Gasteiger partial charge in [-0.1, -0.05) is 30.3 Å². The summed E-state index contributed by atoms with van der Waals surface area (Å²) in [7, 11) is 0. The number of aliphatic hydroxyl groups excluding tert-OH is 1. The third-order valence-electron chi connectivity index (χ3n) is 2.85. The van der Waals surface area contributed by atoms with Gasteiger partial charge in [0.1, 0.15) is 0 Å². The number of benzene rings is 1. The fraction of sp³-hybridized carbons (Fsp3) is 0.143. The fourth-order valence-corrected chi connectivity index (χ4v) is 2.46. The van der Waals surface area contributed by atoms with Gasteiger partial charge in [-0.15, -0.1) is 11.3 Å². The first-order valence-electron chi connectivity index (χ1n) is 6.29. The number of nitrogens with one attached hydrogen (secondary N) is 1. The van der Waals surface area contributed by atoms with E-state index in [4.69, 9.17) is 0 Å². The molecule has 0 saturated carbocycles. The van der Waals surface area contributed by atoms with E-state index in [9.17, 15) is 20.0 Å². The molecule has 8 heteroatoms. The molecule has 2 rings (SSSR count). The molecule has 114 valence electrons. The van der Waals surface area contributed by atoms with Crippen molar-refractivity contribution < 1.29 is 14.8 Å². The van der Waals surface area contributed by atoms with Crippen LogP contribution in [0.15, 0.2) is 46.9 Å². The van der Waals surface area contributed by atoms with Crippen LogP contribution < -0.4 is 5.43 Å². The molecule has 0 aliphatic carbocycles. The second-order valence-corrected chi connectivity index (χ2v) is 5.32. The van der Waals surface area contributed by atoms with E-state index < -0.39 is 16.9 Å². The Balaban J connectivity index is 2.03. The molecule has 0 aliphatic heterocycles. The lowest BCUT2D eigenvalue weighted by Gasteiger charge is -2.09. The first-order chi connectivity index (χ1) is 10.5. The second-order valence-electron chi connectivity index (χ2n) is 4.41. The molecule has 2 aromatic rings. The zero-order valence-electron chi connectivity index (χ0n) is 11.6. The van der Waals surface area contributed by atoms with Crippen molar-refractivity contribution in [3.05, 3.63) is 62.3 Å². The van der Waals surface area contributed by atoms with Crippen LogP contribution in [0.1, 0.15) is 23.5 Å². The average Bonchev–Trinajstić information content (AvgIpc) is 3.02. The topological polar surface area (TPSA) is 105 Å². The number of hydrogen-bond acceptors (Lipinski definition) is 6. The molecule has 1 aromatic carbocycles. The summed E-state index contributed by atoms with van der Waals surface area (Å²) in [5, 5.41) is 25.8. The summed E-state index contributed by atoms with van der Waals surface area (Å²) in [6.45, 7) is 1.62. The Morgan fingerprint density at radius 1 is 1.41 bits per heavy atom. The van der Waals surface area contributed by atoms with E-state index >= 15 is 0 Å². The van der Waals surface area contributed by atoms with Crippen LogP contribution >= 0.6 is 11.3 Å². The minimum absolute atomic E-state index is 0.0230. The number of carbonyl (C=O) groups is 1. The number of nitrogens with zero attached hydrogens (tertiary/aromatic N) is 2. The van der Waals surface area contributed by atoms with Gasteiger partial charge in [0.15, 0.2) is 6.10 Å². The van der Waals surface area contributed by atoms with Crippen LogP contribution in [0.3, 0.4) is 0 Å². The molecule has 0 saturated heterocycles. The Morgan fingerprint density at radius 2 is 2.09 bits per heavy atom. The molecule has 1 amide bonds. The summed E-state index contributed by atoms with van der Waals surface area (Å²) in [6, 6.07) is 9.84. The quantitative estimate of drug-likeness (QED) is 0.501. The molecule has 0 unspecified atom stereocenters. The zero-order valence-corrected chi connectivity index (χ0v) is 12.4. The van der Waals surface area contributed by atoms with Gasteiger partial charge in [0.25, 0.3) is 11.6 Å². The minimum atomic E-state index is -1.32. The number of carbonyl (C=O) groups excluding carboxylic acids is 1. The molecule has 7 nitrogen and oxygen atoms in total. The number of hydrazone groups is 1. The summed E-state index contributed by atoms with van der Waals surface area (Å²) in [5.41, 5.74) is 3.11. The van der Waals surface area contributed by atoms with Crippen LogP contribution in [0.25, 0.3) is 0 Å². The highest BCUT2D eigenvalue weighted by molar-refractivity contribution is 7.12. The fourth-order valence-electron chi connectivity index (χ4n) is 1.65. The van der Waals surface area contributed by atoms with E-state index in [1.54, 1.807) is 37.3 Å². The van der Waals surface area contributed by atoms with Crippen molar-refractivity contribution in [2.75, 3.05) is 0 Å². The standard InChI is InChI=1S/C14H13N3O4S/c1-9(12-7-11(8-22-12)17(20)21)15-16-14(19)13(18)10-5-3-2-4-6-10/h2-8,13,18H,1H3,(H,16,19)/b15-9-/t13-/m0/s1. The maximum absolute atomic E-state index is 11.8. The van der Waals surface area contributed by atoms with Crippen molar-refractivity contribution >= 4 is 28.6 Å². The number of aliphatic hydroxyl groups is 1. The third kappa shape index (κ3) is 3.74. The van der Waals surface area contributed by atoms with E-state index in [1.807, 2.05) is 0 Å². The van der Waals surface area contributed by atoms with E-state index in [0.29, 0.717) is 16.2 Å². The lowest BCUT2D eigenvalue weighted by Crippen LogP contribution is -2.26. The summed E-state index contributed by atoms with van der Waals surface area (Å²) < 4.78 is 0. The van der Waals surface area contributed by atoms with Gasteiger partial charge in [-0.3, -0.25) is 14.9 Å². The predicted octanol–water partition coefficient (Wildman–Crippen LogP) is 2.23. The van der Waals surface area contributed by atoms with Crippen LogP contribution in [0, 0.1) is 10.1 Å². The summed E-state index contributed by atoms with van der Waals surface area (Å²) >= 11 is 1.16. The largest absolute Gasteiger partial charge is 0.378 e. The van der Waals surface area contributed by atoms with Crippen molar-refractivity contribution in [1.82, 2.24) is 5.43 Å². The highest BCUT2D eigenvalue weighted by Crippen LogP contribution is 2.21. The monoisotopic (exact) mass is 319 g/mol. The van der Waals surface area contributed by atoms with Crippen molar-refractivity contribution in [3.63, 3.8) is 0 Å². The smallest absolute Gasteiger partial charge is 0.280 e. The number of thiophene rings is 1. The number of rotatable bonds is 5. The van der Waals surface area contributed by atoms with Gasteiger partial charge in [-0.2, -0.15) is 5.10 Å². The minimum Gasteiger partial charge on any atom is -0.378 e. The van der Waals surface area contributed by atoms with Crippen LogP contribution in [0.5, 0.6) is 0 Å². The number of hydrogen-bond donors (Lipinski definition) is 2. The van der Waals surface area contributed by atoms with Crippen molar-refractivity contribution in [2.24, 2.45) is 5.10 Å². The first-order valence-corrected chi connectivity index (χ1v) is 7.17. The molecule has 0 bridgehead atoms. The van der Waals surface area contributed by atoms with Crippen LogP contribution in [-0.4, -0.2) is 21.6 Å². The number of amides is 1. The molecule has 0 fully saturated rings. The van der Waals surface area contributed by atoms with E-state index in [0.717, 1.165) is 11.3 Å². The summed E-state index contributed by atoms with van der Waals surface area (Å²) in [5.74, 6) is -0.670. The van der Waals surface area contributed by atoms with E-state index in [-0.39, 0.29) is 5.69 Å². The Morgan fingerprint density at radius 3 is 2.68 bits per heavy atom. The Hall–Kier alpha value is -2.58. The molecule has 1 aromatic heterocycles. The van der Waals surface area contributed by atoms with Gasteiger partial charge >= 0.3 is 0 Å². The summed E-state index contributed by atoms with van der Waals surface area (Å²) in [4.78, 5) is 22.5. The molecule has 0 spiro atoms. The second kappa shape index (κ2) is 6.92. The lowest BCUT2D eigenvalue weighted by molar-refractivity contribution is -0.384. The highest BCUT2D eigenvalue weighted by atomic mass is 32.1. The molecular formula is C14H13N3O4S. The molecule has 22 heavy (non-hydrogen) atoms. The van der Waals surface area contributed by atoms with Gasteiger partial charge in [0.05, 0.1) is 20.9 Å². The Bertz CT molecular complexity index is 712. The molecular weight excluding hydrogens is 306 g/mol. The Kier molecular flexibility index (Phi) is 4.97. The lowest BCUT2D eigenvalue weighted by atomic mass is 10.1. The Labute approximate surface area is 130 Å². The summed E-state index contributed by atoms with van der Waals surface area (Å²) in [6.07, 6.45) is -1.32. The molecule has 1 atom stereocenters. The maximum atomic E-state index is 11.8. The normalized spacial score (nSPS) is 12.7. The van der Waals surface area contributed by atoms with Gasteiger partial charge in [-0.05, 0) is 12.5 Å². The average molecular weight is 319 g/mol. The van der Waals surface area contributed by atoms with E-state index in [2.05, 4.69) is 10.5 Å². The molecule has 1 heterocycles. The van der Waals surface area contributed by atoms with Crippen molar-refractivity contribution in [3.8, 4) is 0 Å². The van der Waals surface area contributed by atoms with Crippen molar-refractivity contribution in [1.29, 1.82) is 0 Å².